The molecule has 2 saturated heterocycles. The minimum atomic E-state index is -0.353. The quantitative estimate of drug-likeness (QED) is 0.267. The van der Waals surface area contributed by atoms with E-state index in [4.69, 9.17) is 9.73 Å². The zero-order valence-electron chi connectivity index (χ0n) is 16.7. The Balaban J connectivity index is 0.00000338. The molecule has 0 aromatic carbocycles. The van der Waals surface area contributed by atoms with Crippen molar-refractivity contribution < 1.29 is 9.53 Å². The first-order chi connectivity index (χ1) is 11.9. The molecule has 1 unspecified atom stereocenters. The molecule has 2 aliphatic heterocycles. The second kappa shape index (κ2) is 11.3. The number of aliphatic imine (C=N–C) groups is 1. The maximum atomic E-state index is 11.9. The van der Waals surface area contributed by atoms with Crippen LogP contribution in [0.1, 0.15) is 34.1 Å². The van der Waals surface area contributed by atoms with Crippen molar-refractivity contribution in [1.29, 1.82) is 0 Å². The van der Waals surface area contributed by atoms with E-state index in [0.29, 0.717) is 19.1 Å². The molecule has 0 aliphatic carbocycles. The molecule has 26 heavy (non-hydrogen) atoms. The van der Waals surface area contributed by atoms with E-state index in [1.807, 2.05) is 20.8 Å². The van der Waals surface area contributed by atoms with Crippen LogP contribution in [-0.2, 0) is 9.53 Å². The van der Waals surface area contributed by atoms with Crippen LogP contribution in [-0.4, -0.2) is 86.7 Å². The highest BCUT2D eigenvalue weighted by Gasteiger charge is 2.30. The predicted octanol–water partition coefficient (Wildman–Crippen LogP) is 1.14. The van der Waals surface area contributed by atoms with Gasteiger partial charge >= 0.3 is 0 Å². The van der Waals surface area contributed by atoms with Crippen LogP contribution in [0.4, 0.5) is 0 Å². The average molecular weight is 481 g/mol. The molecule has 152 valence electrons. The minimum Gasteiger partial charge on any atom is -0.379 e. The summed E-state index contributed by atoms with van der Waals surface area (Å²) >= 11 is 0. The normalized spacial score (nSPS) is 22.1. The molecule has 2 rings (SSSR count). The van der Waals surface area contributed by atoms with Crippen LogP contribution in [0.3, 0.4) is 0 Å². The van der Waals surface area contributed by atoms with Gasteiger partial charge in [-0.25, -0.2) is 0 Å². The molecule has 0 saturated carbocycles. The van der Waals surface area contributed by atoms with Gasteiger partial charge in [-0.1, -0.05) is 20.8 Å². The maximum Gasteiger partial charge on any atom is 0.225 e. The number of hydrogen-bond acceptors (Lipinski definition) is 4. The highest BCUT2D eigenvalue weighted by Crippen LogP contribution is 2.17. The molecule has 2 heterocycles. The summed E-state index contributed by atoms with van der Waals surface area (Å²) in [7, 11) is 0. The van der Waals surface area contributed by atoms with E-state index in [1.54, 1.807) is 0 Å². The number of rotatable bonds is 5. The zero-order chi connectivity index (χ0) is 18.3. The number of nitrogens with one attached hydrogen (secondary N) is 2. The fourth-order valence-corrected chi connectivity index (χ4v) is 3.20. The number of carbonyl (C=O) groups is 1. The van der Waals surface area contributed by atoms with E-state index < -0.39 is 0 Å². The molecule has 2 N–H and O–H groups in total. The van der Waals surface area contributed by atoms with Gasteiger partial charge in [0, 0.05) is 50.7 Å². The van der Waals surface area contributed by atoms with Crippen LogP contribution in [0.2, 0.25) is 0 Å². The Morgan fingerprint density at radius 2 is 1.88 bits per heavy atom. The first kappa shape index (κ1) is 23.4. The standard InChI is InChI=1S/C18H35N5O2.HI/c1-5-19-17(21-8-7-20-16(24)18(2,3)4)23-9-6-15(14-23)22-10-12-25-13-11-22;/h15H,5-14H2,1-4H3,(H,19,21)(H,20,24);1H. The second-order valence-electron chi connectivity index (χ2n) is 7.78. The molecule has 2 aliphatic rings. The third-order valence-corrected chi connectivity index (χ3v) is 4.70. The Bertz CT molecular complexity index is 461. The number of amides is 1. The first-order valence-corrected chi connectivity index (χ1v) is 9.55. The number of morpholine rings is 1. The van der Waals surface area contributed by atoms with E-state index in [1.165, 1.54) is 6.42 Å². The summed E-state index contributed by atoms with van der Waals surface area (Å²) in [4.78, 5) is 21.5. The number of halogens is 1. The molecule has 0 bridgehead atoms. The van der Waals surface area contributed by atoms with Gasteiger partial charge in [0.25, 0.3) is 0 Å². The van der Waals surface area contributed by atoms with Crippen molar-refractivity contribution in [2.24, 2.45) is 10.4 Å². The van der Waals surface area contributed by atoms with Crippen molar-refractivity contribution >= 4 is 35.8 Å². The molecular weight excluding hydrogens is 445 g/mol. The summed E-state index contributed by atoms with van der Waals surface area (Å²) in [6.07, 6.45) is 1.17. The van der Waals surface area contributed by atoms with Gasteiger partial charge in [-0.3, -0.25) is 14.7 Å². The molecule has 0 aromatic rings. The van der Waals surface area contributed by atoms with Crippen LogP contribution < -0.4 is 10.6 Å². The number of carbonyl (C=O) groups excluding carboxylic acids is 1. The van der Waals surface area contributed by atoms with Crippen molar-refractivity contribution in [1.82, 2.24) is 20.4 Å². The molecule has 0 aromatic heterocycles. The van der Waals surface area contributed by atoms with E-state index in [9.17, 15) is 4.79 Å². The van der Waals surface area contributed by atoms with Gasteiger partial charge in [0.2, 0.25) is 5.91 Å². The molecule has 0 radical (unpaired) electrons. The van der Waals surface area contributed by atoms with Crippen molar-refractivity contribution in [3.8, 4) is 0 Å². The summed E-state index contributed by atoms with van der Waals surface area (Å²) in [5, 5.41) is 6.34. The van der Waals surface area contributed by atoms with Crippen LogP contribution in [0.5, 0.6) is 0 Å². The van der Waals surface area contributed by atoms with Crippen molar-refractivity contribution in [2.45, 2.75) is 40.2 Å². The number of hydrogen-bond donors (Lipinski definition) is 2. The lowest BCUT2D eigenvalue weighted by Gasteiger charge is -2.32. The fourth-order valence-electron chi connectivity index (χ4n) is 3.20. The number of guanidine groups is 1. The Morgan fingerprint density at radius 1 is 1.19 bits per heavy atom. The predicted molar refractivity (Wildman–Crippen MR) is 116 cm³/mol. The van der Waals surface area contributed by atoms with Crippen molar-refractivity contribution in [3.05, 3.63) is 0 Å². The van der Waals surface area contributed by atoms with Crippen LogP contribution >= 0.6 is 24.0 Å². The molecular formula is C18H36IN5O2. The highest BCUT2D eigenvalue weighted by molar-refractivity contribution is 14.0. The number of likely N-dealkylation sites (tertiary alicyclic amines) is 1. The zero-order valence-corrected chi connectivity index (χ0v) is 19.0. The highest BCUT2D eigenvalue weighted by atomic mass is 127. The lowest BCUT2D eigenvalue weighted by Crippen LogP contribution is -2.46. The minimum absolute atomic E-state index is 0. The van der Waals surface area contributed by atoms with Crippen molar-refractivity contribution in [2.75, 3.05) is 59.0 Å². The van der Waals surface area contributed by atoms with Crippen LogP contribution in [0, 0.1) is 5.41 Å². The van der Waals surface area contributed by atoms with Crippen LogP contribution in [0.15, 0.2) is 4.99 Å². The Labute approximate surface area is 175 Å². The van der Waals surface area contributed by atoms with Gasteiger partial charge < -0.3 is 20.3 Å². The second-order valence-corrected chi connectivity index (χ2v) is 7.78. The van der Waals surface area contributed by atoms with E-state index in [0.717, 1.165) is 51.9 Å². The maximum absolute atomic E-state index is 11.9. The first-order valence-electron chi connectivity index (χ1n) is 9.55. The largest absolute Gasteiger partial charge is 0.379 e. The van der Waals surface area contributed by atoms with Gasteiger partial charge in [-0.2, -0.15) is 0 Å². The van der Waals surface area contributed by atoms with Gasteiger partial charge in [0.15, 0.2) is 5.96 Å². The third-order valence-electron chi connectivity index (χ3n) is 4.70. The summed E-state index contributed by atoms with van der Waals surface area (Å²) < 4.78 is 5.45. The van der Waals surface area contributed by atoms with Gasteiger partial charge in [-0.05, 0) is 13.3 Å². The van der Waals surface area contributed by atoms with Crippen molar-refractivity contribution in [3.63, 3.8) is 0 Å². The number of ether oxygens (including phenoxy) is 1. The Kier molecular flexibility index (Phi) is 10.2. The van der Waals surface area contributed by atoms with Gasteiger partial charge in [-0.15, -0.1) is 24.0 Å². The summed E-state index contributed by atoms with van der Waals surface area (Å²) in [6.45, 7) is 15.7. The number of nitrogens with zero attached hydrogens (tertiary/aromatic N) is 3. The topological polar surface area (TPSA) is 69.2 Å². The monoisotopic (exact) mass is 481 g/mol. The summed E-state index contributed by atoms with van der Waals surface area (Å²) in [5.41, 5.74) is -0.353. The van der Waals surface area contributed by atoms with Gasteiger partial charge in [0.1, 0.15) is 0 Å². The van der Waals surface area contributed by atoms with Crippen LogP contribution in [0.25, 0.3) is 0 Å². The summed E-state index contributed by atoms with van der Waals surface area (Å²) in [6, 6.07) is 0.591. The molecule has 1 atom stereocenters. The summed E-state index contributed by atoms with van der Waals surface area (Å²) in [5.74, 6) is 1.03. The SMILES string of the molecule is CCNC(=NCCNC(=O)C(C)(C)C)N1CCC(N2CCOCC2)C1.I. The Hall–Kier alpha value is -0.610. The molecule has 1 amide bonds. The third kappa shape index (κ3) is 7.19. The lowest BCUT2D eigenvalue weighted by molar-refractivity contribution is -0.128. The Morgan fingerprint density at radius 3 is 2.50 bits per heavy atom. The smallest absolute Gasteiger partial charge is 0.225 e. The molecule has 7 nitrogen and oxygen atoms in total. The molecule has 0 spiro atoms. The van der Waals surface area contributed by atoms with E-state index >= 15 is 0 Å². The van der Waals surface area contributed by atoms with E-state index in [-0.39, 0.29) is 35.3 Å². The molecule has 2 fully saturated rings. The van der Waals surface area contributed by atoms with Gasteiger partial charge in [0.05, 0.1) is 19.8 Å². The fraction of sp³-hybridized carbons (Fsp3) is 0.889. The average Bonchev–Trinajstić information content (AvgIpc) is 3.07. The van der Waals surface area contributed by atoms with E-state index in [2.05, 4.69) is 27.4 Å². The lowest BCUT2D eigenvalue weighted by atomic mass is 9.96. The molecule has 8 heteroatoms.